The van der Waals surface area contributed by atoms with Crippen molar-refractivity contribution in [2.75, 3.05) is 14.2 Å². The molecule has 0 aliphatic heterocycles. The molecule has 0 bridgehead atoms. The number of carboxylic acid groups (broad SMARTS) is 1. The highest BCUT2D eigenvalue weighted by atomic mass is 32.2. The van der Waals surface area contributed by atoms with Crippen LogP contribution < -0.4 is 14.2 Å². The molecule has 0 saturated carbocycles. The van der Waals surface area contributed by atoms with Crippen LogP contribution in [0.1, 0.15) is 31.1 Å². The Hall–Kier alpha value is -1.80. The summed E-state index contributed by atoms with van der Waals surface area (Å²) in [5, 5.41) is 9.29. The fourth-order valence-corrected chi connectivity index (χ4v) is 3.37. The summed E-state index contributed by atoms with van der Waals surface area (Å²) in [4.78, 5) is 11.0. The monoisotopic (exact) mass is 317 g/mol. The number of aromatic carboxylic acids is 1. The van der Waals surface area contributed by atoms with Gasteiger partial charge in [0.25, 0.3) is 0 Å². The Labute approximate surface area is 123 Å². The molecule has 0 unspecified atom stereocenters. The third kappa shape index (κ3) is 4.08. The Balaban J connectivity index is 3.63. The zero-order valence-electron chi connectivity index (χ0n) is 12.6. The van der Waals surface area contributed by atoms with Crippen LogP contribution in [0.4, 0.5) is 0 Å². The molecule has 0 radical (unpaired) electrons. The van der Waals surface area contributed by atoms with Gasteiger partial charge in [-0.15, -0.1) is 0 Å². The topological polar surface area (TPSA) is 102 Å². The number of benzene rings is 1. The minimum absolute atomic E-state index is 0.0869. The van der Waals surface area contributed by atoms with Crippen molar-refractivity contribution in [3.8, 4) is 11.5 Å². The molecule has 1 aromatic rings. The van der Waals surface area contributed by atoms with Gasteiger partial charge in [0.15, 0.2) is 0 Å². The van der Waals surface area contributed by atoms with Gasteiger partial charge < -0.3 is 14.6 Å². The smallest absolute Gasteiger partial charge is 0.340 e. The molecule has 8 heteroatoms. The SMILES string of the molecule is COc1cc(OC)c(C(=O)O)c(S(=O)(=O)NC(C)(C)C)c1. The van der Waals surface area contributed by atoms with E-state index in [1.165, 1.54) is 20.3 Å². The van der Waals surface area contributed by atoms with Crippen molar-refractivity contribution >= 4 is 16.0 Å². The average molecular weight is 317 g/mol. The van der Waals surface area contributed by atoms with E-state index in [4.69, 9.17) is 9.47 Å². The fraction of sp³-hybridized carbons (Fsp3) is 0.462. The maximum absolute atomic E-state index is 12.4. The maximum atomic E-state index is 12.4. The molecule has 2 N–H and O–H groups in total. The van der Waals surface area contributed by atoms with E-state index in [1.807, 2.05) is 0 Å². The number of carbonyl (C=O) groups is 1. The van der Waals surface area contributed by atoms with E-state index < -0.39 is 32.0 Å². The maximum Gasteiger partial charge on any atom is 0.340 e. The van der Waals surface area contributed by atoms with E-state index in [0.717, 1.165) is 6.07 Å². The number of rotatable bonds is 5. The van der Waals surface area contributed by atoms with Gasteiger partial charge in [0.05, 0.1) is 14.2 Å². The van der Waals surface area contributed by atoms with Crippen LogP contribution in [0.15, 0.2) is 17.0 Å². The summed E-state index contributed by atoms with van der Waals surface area (Å²) in [6.45, 7) is 4.97. The van der Waals surface area contributed by atoms with Crippen LogP contribution in [-0.2, 0) is 10.0 Å². The van der Waals surface area contributed by atoms with E-state index in [1.54, 1.807) is 20.8 Å². The van der Waals surface area contributed by atoms with Crippen LogP contribution in [0.3, 0.4) is 0 Å². The Morgan fingerprint density at radius 2 is 1.76 bits per heavy atom. The number of hydrogen-bond acceptors (Lipinski definition) is 5. The summed E-state index contributed by atoms with van der Waals surface area (Å²) in [6.07, 6.45) is 0. The molecule has 0 amide bonds. The van der Waals surface area contributed by atoms with Crippen molar-refractivity contribution in [1.82, 2.24) is 4.72 Å². The van der Waals surface area contributed by atoms with E-state index in [-0.39, 0.29) is 11.5 Å². The zero-order chi connectivity index (χ0) is 16.4. The van der Waals surface area contributed by atoms with Gasteiger partial charge in [0.1, 0.15) is 22.0 Å². The Morgan fingerprint density at radius 3 is 2.14 bits per heavy atom. The lowest BCUT2D eigenvalue weighted by molar-refractivity contribution is 0.0688. The summed E-state index contributed by atoms with van der Waals surface area (Å²) < 4.78 is 37.2. The fourth-order valence-electron chi connectivity index (χ4n) is 1.73. The first kappa shape index (κ1) is 17.3. The summed E-state index contributed by atoms with van der Waals surface area (Å²) in [5.74, 6) is -1.30. The number of methoxy groups -OCH3 is 2. The van der Waals surface area contributed by atoms with Crippen LogP contribution in [0.5, 0.6) is 11.5 Å². The zero-order valence-corrected chi connectivity index (χ0v) is 13.4. The van der Waals surface area contributed by atoms with Crippen molar-refractivity contribution in [3.05, 3.63) is 17.7 Å². The molecule has 21 heavy (non-hydrogen) atoms. The predicted molar refractivity (Wildman–Crippen MR) is 76.6 cm³/mol. The Kier molecular flexibility index (Phi) is 4.85. The molecule has 118 valence electrons. The van der Waals surface area contributed by atoms with Gasteiger partial charge in [-0.1, -0.05) is 0 Å². The lowest BCUT2D eigenvalue weighted by Crippen LogP contribution is -2.41. The standard InChI is InChI=1S/C13H19NO6S/c1-13(2,3)14-21(17,18)10-7-8(19-4)6-9(20-5)11(10)12(15)16/h6-7,14H,1-5H3,(H,15,16). The van der Waals surface area contributed by atoms with Gasteiger partial charge in [-0.25, -0.2) is 17.9 Å². The van der Waals surface area contributed by atoms with Crippen LogP contribution in [0, 0.1) is 0 Å². The largest absolute Gasteiger partial charge is 0.497 e. The summed E-state index contributed by atoms with van der Waals surface area (Å²) in [7, 11) is -1.44. The van der Waals surface area contributed by atoms with Crippen molar-refractivity contribution in [3.63, 3.8) is 0 Å². The van der Waals surface area contributed by atoms with Gasteiger partial charge in [-0.2, -0.15) is 0 Å². The van der Waals surface area contributed by atoms with Gasteiger partial charge in [-0.05, 0) is 20.8 Å². The highest BCUT2D eigenvalue weighted by Gasteiger charge is 2.30. The lowest BCUT2D eigenvalue weighted by Gasteiger charge is -2.22. The van der Waals surface area contributed by atoms with Gasteiger partial charge >= 0.3 is 5.97 Å². The van der Waals surface area contributed by atoms with E-state index in [9.17, 15) is 18.3 Å². The second-order valence-corrected chi connectivity index (χ2v) is 7.01. The minimum Gasteiger partial charge on any atom is -0.497 e. The first-order valence-corrected chi connectivity index (χ1v) is 7.53. The summed E-state index contributed by atoms with van der Waals surface area (Å²) in [5.41, 5.74) is -1.19. The number of sulfonamides is 1. The lowest BCUT2D eigenvalue weighted by atomic mass is 10.1. The third-order valence-electron chi connectivity index (χ3n) is 2.44. The first-order valence-electron chi connectivity index (χ1n) is 6.05. The Morgan fingerprint density at radius 1 is 1.19 bits per heavy atom. The minimum atomic E-state index is -4.05. The highest BCUT2D eigenvalue weighted by Crippen LogP contribution is 2.32. The number of ether oxygens (including phenoxy) is 2. The molecule has 0 spiro atoms. The molecule has 0 aliphatic carbocycles. The van der Waals surface area contributed by atoms with Gasteiger partial charge in [0.2, 0.25) is 10.0 Å². The summed E-state index contributed by atoms with van der Waals surface area (Å²) >= 11 is 0. The number of hydrogen-bond donors (Lipinski definition) is 2. The Bertz CT molecular complexity index is 645. The third-order valence-corrected chi connectivity index (χ3v) is 4.22. The molecule has 1 rings (SSSR count). The van der Waals surface area contributed by atoms with Crippen LogP contribution >= 0.6 is 0 Å². The second kappa shape index (κ2) is 5.90. The molecular weight excluding hydrogens is 298 g/mol. The molecule has 0 saturated heterocycles. The summed E-state index contributed by atoms with van der Waals surface area (Å²) in [6, 6.07) is 2.47. The average Bonchev–Trinajstić information content (AvgIpc) is 2.33. The molecule has 7 nitrogen and oxygen atoms in total. The quantitative estimate of drug-likeness (QED) is 0.853. The van der Waals surface area contributed by atoms with E-state index in [0.29, 0.717) is 0 Å². The molecule has 0 heterocycles. The van der Waals surface area contributed by atoms with Crippen LogP contribution in [0.25, 0.3) is 0 Å². The molecule has 0 fully saturated rings. The van der Waals surface area contributed by atoms with Crippen LogP contribution in [-0.4, -0.2) is 39.3 Å². The molecule has 0 atom stereocenters. The van der Waals surface area contributed by atoms with Crippen molar-refractivity contribution < 1.29 is 27.8 Å². The molecule has 0 aromatic heterocycles. The first-order chi connectivity index (χ1) is 9.51. The van der Waals surface area contributed by atoms with Crippen molar-refractivity contribution in [1.29, 1.82) is 0 Å². The highest BCUT2D eigenvalue weighted by molar-refractivity contribution is 7.89. The van der Waals surface area contributed by atoms with E-state index in [2.05, 4.69) is 4.72 Å². The van der Waals surface area contributed by atoms with Crippen LogP contribution in [0.2, 0.25) is 0 Å². The molecule has 0 aliphatic rings. The number of nitrogens with one attached hydrogen (secondary N) is 1. The van der Waals surface area contributed by atoms with Gasteiger partial charge in [-0.3, -0.25) is 0 Å². The van der Waals surface area contributed by atoms with Crippen molar-refractivity contribution in [2.24, 2.45) is 0 Å². The normalized spacial score (nSPS) is 12.0. The van der Waals surface area contributed by atoms with Gasteiger partial charge in [0, 0.05) is 17.7 Å². The molecular formula is C13H19NO6S. The second-order valence-electron chi connectivity index (χ2n) is 5.36. The van der Waals surface area contributed by atoms with Crippen molar-refractivity contribution in [2.45, 2.75) is 31.2 Å². The number of carboxylic acids is 1. The predicted octanol–water partition coefficient (Wildman–Crippen LogP) is 1.48. The van der Waals surface area contributed by atoms with E-state index >= 15 is 0 Å². The molecule has 1 aromatic carbocycles.